The van der Waals surface area contributed by atoms with Gasteiger partial charge in [0.15, 0.2) is 0 Å². The zero-order chi connectivity index (χ0) is 11.4. The minimum absolute atomic E-state index is 0.0584. The second-order valence-electron chi connectivity index (χ2n) is 4.58. The summed E-state index contributed by atoms with van der Waals surface area (Å²) in [4.78, 5) is 11.8. The average Bonchev–Trinajstić information content (AvgIpc) is 2.63. The third-order valence-corrected chi connectivity index (χ3v) is 3.20. The lowest BCUT2D eigenvalue weighted by molar-refractivity contribution is -0.127. The smallest absolute Gasteiger partial charge is 0.223 e. The Morgan fingerprint density at radius 2 is 2.07 bits per heavy atom. The molecule has 1 heterocycles. The molecule has 4 nitrogen and oxygen atoms in total. The molecule has 0 saturated carbocycles. The van der Waals surface area contributed by atoms with Crippen molar-refractivity contribution < 1.29 is 9.53 Å². The van der Waals surface area contributed by atoms with Crippen molar-refractivity contribution in [2.24, 2.45) is 11.8 Å². The maximum Gasteiger partial charge on any atom is 0.223 e. The van der Waals surface area contributed by atoms with Crippen LogP contribution in [0.15, 0.2) is 0 Å². The summed E-state index contributed by atoms with van der Waals surface area (Å²) in [5.74, 6) is 0.559. The Bertz CT molecular complexity index is 219. The minimum Gasteiger partial charge on any atom is -0.378 e. The molecule has 0 aromatic heterocycles. The highest BCUT2D eigenvalue weighted by Gasteiger charge is 2.29. The molecule has 1 saturated heterocycles. The maximum absolute atomic E-state index is 11.8. The zero-order valence-corrected chi connectivity index (χ0v) is 10.0. The lowest BCUT2D eigenvalue weighted by Crippen LogP contribution is -2.46. The van der Waals surface area contributed by atoms with E-state index in [0.717, 1.165) is 13.1 Å². The summed E-state index contributed by atoms with van der Waals surface area (Å²) in [5.41, 5.74) is 0. The second-order valence-corrected chi connectivity index (χ2v) is 4.58. The molecule has 1 aliphatic rings. The van der Waals surface area contributed by atoms with Gasteiger partial charge in [-0.1, -0.05) is 20.8 Å². The van der Waals surface area contributed by atoms with Crippen LogP contribution in [0.2, 0.25) is 0 Å². The van der Waals surface area contributed by atoms with Crippen LogP contribution < -0.4 is 10.6 Å². The molecule has 1 fully saturated rings. The summed E-state index contributed by atoms with van der Waals surface area (Å²) >= 11 is 0. The monoisotopic (exact) mass is 214 g/mol. The van der Waals surface area contributed by atoms with Crippen LogP contribution in [0.5, 0.6) is 0 Å². The zero-order valence-electron chi connectivity index (χ0n) is 10.0. The number of amides is 1. The number of nitrogens with one attached hydrogen (secondary N) is 2. The van der Waals surface area contributed by atoms with E-state index in [1.807, 2.05) is 6.92 Å². The molecule has 2 N–H and O–H groups in total. The van der Waals surface area contributed by atoms with E-state index in [0.29, 0.717) is 5.92 Å². The van der Waals surface area contributed by atoms with Crippen LogP contribution >= 0.6 is 0 Å². The van der Waals surface area contributed by atoms with Gasteiger partial charge in [0.05, 0.1) is 12.1 Å². The first-order valence-electron chi connectivity index (χ1n) is 5.60. The van der Waals surface area contributed by atoms with Crippen molar-refractivity contribution in [2.75, 3.05) is 20.2 Å². The van der Waals surface area contributed by atoms with Gasteiger partial charge < -0.3 is 15.4 Å². The van der Waals surface area contributed by atoms with Crippen LogP contribution in [0.1, 0.15) is 20.8 Å². The van der Waals surface area contributed by atoms with Crippen molar-refractivity contribution in [2.45, 2.75) is 32.9 Å². The molecule has 0 aromatic rings. The van der Waals surface area contributed by atoms with Gasteiger partial charge in [-0.15, -0.1) is 0 Å². The summed E-state index contributed by atoms with van der Waals surface area (Å²) in [6.45, 7) is 7.70. The van der Waals surface area contributed by atoms with Gasteiger partial charge >= 0.3 is 0 Å². The number of carbonyl (C=O) groups is 1. The first kappa shape index (κ1) is 12.5. The Labute approximate surface area is 91.8 Å². The lowest BCUT2D eigenvalue weighted by Gasteiger charge is -2.22. The van der Waals surface area contributed by atoms with Crippen LogP contribution in [0, 0.1) is 11.8 Å². The quantitative estimate of drug-likeness (QED) is 0.711. The van der Waals surface area contributed by atoms with Gasteiger partial charge in [0, 0.05) is 26.1 Å². The molecule has 3 atom stereocenters. The van der Waals surface area contributed by atoms with Crippen molar-refractivity contribution in [1.29, 1.82) is 0 Å². The van der Waals surface area contributed by atoms with Gasteiger partial charge in [0.1, 0.15) is 0 Å². The predicted molar refractivity (Wildman–Crippen MR) is 59.6 cm³/mol. The van der Waals surface area contributed by atoms with Gasteiger partial charge in [0.2, 0.25) is 5.91 Å². The molecule has 0 aromatic carbocycles. The third kappa shape index (κ3) is 3.18. The largest absolute Gasteiger partial charge is 0.378 e. The Kier molecular flexibility index (Phi) is 4.54. The summed E-state index contributed by atoms with van der Waals surface area (Å²) < 4.78 is 5.29. The van der Waals surface area contributed by atoms with E-state index in [9.17, 15) is 4.79 Å². The van der Waals surface area contributed by atoms with Gasteiger partial charge in [-0.2, -0.15) is 0 Å². The van der Waals surface area contributed by atoms with Crippen molar-refractivity contribution >= 4 is 5.91 Å². The first-order valence-corrected chi connectivity index (χ1v) is 5.60. The minimum atomic E-state index is 0.0584. The molecule has 15 heavy (non-hydrogen) atoms. The molecule has 0 spiro atoms. The molecular weight excluding hydrogens is 192 g/mol. The predicted octanol–water partition coefficient (Wildman–Crippen LogP) is 0.381. The maximum atomic E-state index is 11.8. The summed E-state index contributed by atoms with van der Waals surface area (Å²) in [6.07, 6.45) is 0.105. The number of hydrogen-bond acceptors (Lipinski definition) is 3. The van der Waals surface area contributed by atoms with Crippen molar-refractivity contribution in [1.82, 2.24) is 10.6 Å². The Hall–Kier alpha value is -0.610. The molecule has 2 unspecified atom stereocenters. The normalized spacial score (nSPS) is 28.1. The standard InChI is InChI=1S/C11H22N2O2/c1-7(2)8(3)11(14)13-9-5-12-6-10(9)15-4/h7-10,12H,5-6H2,1-4H3,(H,13,14)/t8?,9?,10-/m0/s1. The van der Waals surface area contributed by atoms with Crippen LogP contribution in [-0.2, 0) is 9.53 Å². The van der Waals surface area contributed by atoms with E-state index in [1.165, 1.54) is 0 Å². The molecule has 1 aliphatic heterocycles. The Balaban J connectivity index is 2.43. The molecular formula is C11H22N2O2. The van der Waals surface area contributed by atoms with Crippen LogP contribution in [0.25, 0.3) is 0 Å². The SMILES string of the molecule is CO[C@H]1CNCC1NC(=O)C(C)C(C)C. The fourth-order valence-electron chi connectivity index (χ4n) is 1.66. The topological polar surface area (TPSA) is 50.4 Å². The fourth-order valence-corrected chi connectivity index (χ4v) is 1.66. The second kappa shape index (κ2) is 5.47. The number of rotatable bonds is 4. The van der Waals surface area contributed by atoms with Crippen LogP contribution in [0.4, 0.5) is 0 Å². The fraction of sp³-hybridized carbons (Fsp3) is 0.909. The van der Waals surface area contributed by atoms with Crippen molar-refractivity contribution in [3.05, 3.63) is 0 Å². The molecule has 4 heteroatoms. The summed E-state index contributed by atoms with van der Waals surface area (Å²) in [5, 5.41) is 6.24. The molecule has 1 rings (SSSR count). The number of ether oxygens (including phenoxy) is 1. The summed E-state index contributed by atoms with van der Waals surface area (Å²) in [7, 11) is 1.68. The van der Waals surface area contributed by atoms with Gasteiger partial charge in [-0.05, 0) is 5.92 Å². The highest BCUT2D eigenvalue weighted by molar-refractivity contribution is 5.78. The third-order valence-electron chi connectivity index (χ3n) is 3.20. The van der Waals surface area contributed by atoms with Crippen molar-refractivity contribution in [3.8, 4) is 0 Å². The van der Waals surface area contributed by atoms with Crippen LogP contribution in [-0.4, -0.2) is 38.3 Å². The highest BCUT2D eigenvalue weighted by Crippen LogP contribution is 2.11. The number of methoxy groups -OCH3 is 1. The molecule has 0 bridgehead atoms. The average molecular weight is 214 g/mol. The van der Waals surface area contributed by atoms with Crippen molar-refractivity contribution in [3.63, 3.8) is 0 Å². The number of hydrogen-bond donors (Lipinski definition) is 2. The van der Waals surface area contributed by atoms with E-state index in [4.69, 9.17) is 4.74 Å². The number of carbonyl (C=O) groups excluding carboxylic acids is 1. The molecule has 0 aliphatic carbocycles. The van der Waals surface area contributed by atoms with E-state index < -0.39 is 0 Å². The highest BCUT2D eigenvalue weighted by atomic mass is 16.5. The first-order chi connectivity index (χ1) is 7.06. The van der Waals surface area contributed by atoms with Gasteiger partial charge in [-0.3, -0.25) is 4.79 Å². The molecule has 88 valence electrons. The van der Waals surface area contributed by atoms with E-state index in [2.05, 4.69) is 24.5 Å². The Morgan fingerprint density at radius 3 is 2.60 bits per heavy atom. The van der Waals surface area contributed by atoms with Gasteiger partial charge in [0.25, 0.3) is 0 Å². The van der Waals surface area contributed by atoms with Crippen LogP contribution in [0.3, 0.4) is 0 Å². The van der Waals surface area contributed by atoms with E-state index in [-0.39, 0.29) is 24.0 Å². The molecule has 0 radical (unpaired) electrons. The Morgan fingerprint density at radius 1 is 1.40 bits per heavy atom. The molecule has 1 amide bonds. The van der Waals surface area contributed by atoms with Gasteiger partial charge in [-0.25, -0.2) is 0 Å². The lowest BCUT2D eigenvalue weighted by atomic mass is 9.97. The van der Waals surface area contributed by atoms with E-state index in [1.54, 1.807) is 7.11 Å². The summed E-state index contributed by atoms with van der Waals surface area (Å²) in [6, 6.07) is 0.115. The van der Waals surface area contributed by atoms with E-state index >= 15 is 0 Å².